The van der Waals surface area contributed by atoms with E-state index in [-0.39, 0.29) is 0 Å². The first-order valence-corrected chi connectivity index (χ1v) is 6.15. The lowest BCUT2D eigenvalue weighted by Gasteiger charge is -2.44. The Morgan fingerprint density at radius 2 is 1.00 bits per heavy atom. The SMILES string of the molecule is [BH3-]N(C1CCCCC1)C1CCCCC1. The highest BCUT2D eigenvalue weighted by molar-refractivity contribution is 6.04. The molecule has 0 atom stereocenters. The predicted octanol–water partition coefficient (Wildman–Crippen LogP) is 2.23. The lowest BCUT2D eigenvalue weighted by Crippen LogP contribution is -2.43. The Hall–Kier alpha value is 0.0249. The van der Waals surface area contributed by atoms with Crippen LogP contribution in [0.4, 0.5) is 0 Å². The van der Waals surface area contributed by atoms with Gasteiger partial charge in [-0.05, 0) is 37.8 Å². The normalized spacial score (nSPS) is 27.0. The van der Waals surface area contributed by atoms with E-state index < -0.39 is 0 Å². The molecule has 2 rings (SSSR count). The van der Waals surface area contributed by atoms with Crippen molar-refractivity contribution in [2.45, 2.75) is 76.3 Å². The summed E-state index contributed by atoms with van der Waals surface area (Å²) in [6, 6.07) is 2.07. The Morgan fingerprint density at radius 3 is 1.36 bits per heavy atom. The van der Waals surface area contributed by atoms with Crippen LogP contribution in [0.3, 0.4) is 0 Å². The van der Waals surface area contributed by atoms with Gasteiger partial charge in [0.2, 0.25) is 0 Å². The molecule has 0 N–H and O–H groups in total. The maximum Gasteiger partial charge on any atom is 0.0152 e. The Balaban J connectivity index is 1.82. The molecule has 0 radical (unpaired) electrons. The van der Waals surface area contributed by atoms with E-state index in [1.54, 1.807) is 0 Å². The molecule has 2 saturated carbocycles. The molecule has 0 bridgehead atoms. The lowest BCUT2D eigenvalue weighted by molar-refractivity contribution is 0.175. The van der Waals surface area contributed by atoms with Crippen molar-refractivity contribution in [2.24, 2.45) is 0 Å². The average molecular weight is 194 g/mol. The van der Waals surface area contributed by atoms with E-state index in [4.69, 9.17) is 0 Å². The van der Waals surface area contributed by atoms with Crippen molar-refractivity contribution in [1.82, 2.24) is 4.81 Å². The van der Waals surface area contributed by atoms with Gasteiger partial charge < -0.3 is 4.81 Å². The van der Waals surface area contributed by atoms with E-state index in [0.717, 1.165) is 12.1 Å². The molecule has 1 nitrogen and oxygen atoms in total. The van der Waals surface area contributed by atoms with E-state index in [0.29, 0.717) is 7.98 Å². The minimum atomic E-state index is 0.443. The summed E-state index contributed by atoms with van der Waals surface area (Å²) in [6.45, 7) is 0. The van der Waals surface area contributed by atoms with Crippen LogP contribution in [0.1, 0.15) is 64.2 Å². The minimum Gasteiger partial charge on any atom is -0.479 e. The summed E-state index contributed by atoms with van der Waals surface area (Å²) in [5.41, 5.74) is 0. The fourth-order valence-electron chi connectivity index (χ4n) is 2.76. The van der Waals surface area contributed by atoms with Crippen molar-refractivity contribution in [3.8, 4) is 0 Å². The van der Waals surface area contributed by atoms with Crippen molar-refractivity contribution >= 4 is 7.98 Å². The van der Waals surface area contributed by atoms with Gasteiger partial charge in [0, 0.05) is 7.98 Å². The second-order valence-electron chi connectivity index (χ2n) is 4.73. The molecule has 2 heteroatoms. The summed E-state index contributed by atoms with van der Waals surface area (Å²) >= 11 is 0. The molecule has 82 valence electrons. The van der Waals surface area contributed by atoms with Gasteiger partial charge in [-0.1, -0.05) is 38.5 Å². The van der Waals surface area contributed by atoms with Gasteiger partial charge in [0.25, 0.3) is 0 Å². The first kappa shape index (κ1) is 10.5. The fraction of sp³-hybridized carbons (Fsp3) is 1.00. The predicted molar refractivity (Wildman–Crippen MR) is 65.5 cm³/mol. The second kappa shape index (κ2) is 5.20. The summed E-state index contributed by atoms with van der Waals surface area (Å²) < 4.78 is 0. The molecule has 0 aromatic carbocycles. The van der Waals surface area contributed by atoms with Crippen LogP contribution in [0.2, 0.25) is 0 Å². The first-order valence-electron chi connectivity index (χ1n) is 6.15. The van der Waals surface area contributed by atoms with Crippen molar-refractivity contribution < 1.29 is 0 Å². The van der Waals surface area contributed by atoms with Crippen LogP contribution in [-0.2, 0) is 0 Å². The quantitative estimate of drug-likeness (QED) is 0.609. The van der Waals surface area contributed by atoms with Crippen molar-refractivity contribution in [1.29, 1.82) is 0 Å². The van der Waals surface area contributed by atoms with Crippen LogP contribution in [0.5, 0.6) is 0 Å². The van der Waals surface area contributed by atoms with Crippen LogP contribution in [0.15, 0.2) is 0 Å². The molecule has 0 unspecified atom stereocenters. The Labute approximate surface area is 89.7 Å². The number of hydrogen-bond acceptors (Lipinski definition) is 1. The standard InChI is InChI=1S/C12H25BN/c13-14(11-7-3-1-4-8-11)12-9-5-2-6-10-12/h11-12H,1-10H2,13H3/q-1. The van der Waals surface area contributed by atoms with Crippen molar-refractivity contribution in [3.05, 3.63) is 0 Å². The molecule has 2 aliphatic carbocycles. The average Bonchev–Trinajstić information content (AvgIpc) is 2.30. The van der Waals surface area contributed by atoms with E-state index in [9.17, 15) is 0 Å². The summed E-state index contributed by atoms with van der Waals surface area (Å²) in [6.07, 6.45) is 15.2. The largest absolute Gasteiger partial charge is 0.479 e. The van der Waals surface area contributed by atoms with Crippen LogP contribution < -0.4 is 0 Å². The monoisotopic (exact) mass is 194 g/mol. The number of nitrogens with zero attached hydrogens (tertiary/aromatic N) is 1. The highest BCUT2D eigenvalue weighted by Gasteiger charge is 2.21. The van der Waals surface area contributed by atoms with Gasteiger partial charge in [-0.25, -0.2) is 0 Å². The summed E-state index contributed by atoms with van der Waals surface area (Å²) in [5.74, 6) is 0. The Kier molecular flexibility index (Phi) is 3.92. The third-order valence-electron chi connectivity index (χ3n) is 3.57. The molecular weight excluding hydrogens is 169 g/mol. The van der Waals surface area contributed by atoms with Gasteiger partial charge in [0.1, 0.15) is 0 Å². The van der Waals surface area contributed by atoms with Crippen LogP contribution in [-0.4, -0.2) is 24.9 Å². The molecule has 14 heavy (non-hydrogen) atoms. The van der Waals surface area contributed by atoms with Crippen LogP contribution >= 0.6 is 0 Å². The second-order valence-corrected chi connectivity index (χ2v) is 4.73. The maximum absolute atomic E-state index is 2.97. The fourth-order valence-corrected chi connectivity index (χ4v) is 2.76. The van der Waals surface area contributed by atoms with E-state index in [2.05, 4.69) is 4.81 Å². The number of rotatable bonds is 2. The highest BCUT2D eigenvalue weighted by atomic mass is 15.1. The third-order valence-corrected chi connectivity index (χ3v) is 3.57. The van der Waals surface area contributed by atoms with Crippen LogP contribution in [0.25, 0.3) is 0 Å². The van der Waals surface area contributed by atoms with Gasteiger partial charge >= 0.3 is 0 Å². The highest BCUT2D eigenvalue weighted by Crippen LogP contribution is 2.28. The zero-order chi connectivity index (χ0) is 9.80. The van der Waals surface area contributed by atoms with Gasteiger partial charge in [-0.15, -0.1) is 0 Å². The van der Waals surface area contributed by atoms with Crippen molar-refractivity contribution in [2.75, 3.05) is 0 Å². The Morgan fingerprint density at radius 1 is 0.643 bits per heavy atom. The Bertz CT molecular complexity index is 142. The van der Waals surface area contributed by atoms with Crippen molar-refractivity contribution in [3.63, 3.8) is 0 Å². The van der Waals surface area contributed by atoms with Gasteiger partial charge in [-0.3, -0.25) is 0 Å². The number of hydrogen-bond donors (Lipinski definition) is 0. The molecule has 0 amide bonds. The lowest BCUT2D eigenvalue weighted by atomic mass is 9.86. The summed E-state index contributed by atoms with van der Waals surface area (Å²) in [4.78, 5) is 2.97. The topological polar surface area (TPSA) is 3.24 Å². The summed E-state index contributed by atoms with van der Waals surface area (Å²) in [7, 11) is 0.443. The minimum absolute atomic E-state index is 0.443. The molecule has 2 aliphatic rings. The molecule has 2 fully saturated rings. The van der Waals surface area contributed by atoms with Crippen LogP contribution in [0, 0.1) is 0 Å². The molecule has 0 saturated heterocycles. The smallest absolute Gasteiger partial charge is 0.0152 e. The van der Waals surface area contributed by atoms with Gasteiger partial charge in [-0.2, -0.15) is 0 Å². The maximum atomic E-state index is 2.97. The van der Waals surface area contributed by atoms with Gasteiger partial charge in [0.05, 0.1) is 0 Å². The molecule has 0 heterocycles. The third kappa shape index (κ3) is 2.53. The molecule has 0 aromatic heterocycles. The molecular formula is C12H25BN-. The molecule has 0 aliphatic heterocycles. The zero-order valence-electron chi connectivity index (χ0n) is 8.67. The first-order chi connectivity index (χ1) is 6.88. The van der Waals surface area contributed by atoms with E-state index >= 15 is 0 Å². The molecule has 0 aromatic rings. The molecule has 0 spiro atoms. The zero-order valence-corrected chi connectivity index (χ0v) is 8.67. The summed E-state index contributed by atoms with van der Waals surface area (Å²) in [5, 5.41) is 0. The van der Waals surface area contributed by atoms with Gasteiger partial charge in [0.15, 0.2) is 0 Å². The van der Waals surface area contributed by atoms with E-state index in [1.165, 1.54) is 64.2 Å². The van der Waals surface area contributed by atoms with E-state index in [1.807, 2.05) is 0 Å².